The zero-order valence-corrected chi connectivity index (χ0v) is 9.91. The predicted molar refractivity (Wildman–Crippen MR) is 61.8 cm³/mol. The van der Waals surface area contributed by atoms with Gasteiger partial charge in [0.2, 0.25) is 0 Å². The minimum Gasteiger partial charge on any atom is -0.393 e. The second kappa shape index (κ2) is 5.05. The molecule has 1 aromatic rings. The average molecular weight is 226 g/mol. The maximum Gasteiger partial charge on any atom is 0.0794 e. The predicted octanol–water partition coefficient (Wildman–Crippen LogP) is 1.74. The SMILES string of the molecule is C[C@H](O)[C@@H]1CCCN(Cc2cncs2)C1. The van der Waals surface area contributed by atoms with Crippen LogP contribution in [0.3, 0.4) is 0 Å². The summed E-state index contributed by atoms with van der Waals surface area (Å²) >= 11 is 1.71. The molecule has 0 unspecified atom stereocenters. The Morgan fingerprint density at radius 3 is 3.27 bits per heavy atom. The van der Waals surface area contributed by atoms with Crippen molar-refractivity contribution in [2.45, 2.75) is 32.4 Å². The molecule has 0 aliphatic carbocycles. The van der Waals surface area contributed by atoms with E-state index in [4.69, 9.17) is 0 Å². The van der Waals surface area contributed by atoms with Gasteiger partial charge in [0.25, 0.3) is 0 Å². The van der Waals surface area contributed by atoms with Gasteiger partial charge in [0.15, 0.2) is 0 Å². The molecule has 0 aromatic carbocycles. The molecule has 1 aliphatic rings. The number of hydrogen-bond donors (Lipinski definition) is 1. The Balaban J connectivity index is 1.88. The van der Waals surface area contributed by atoms with Crippen molar-refractivity contribution in [1.82, 2.24) is 9.88 Å². The van der Waals surface area contributed by atoms with E-state index >= 15 is 0 Å². The summed E-state index contributed by atoms with van der Waals surface area (Å²) in [6, 6.07) is 0. The van der Waals surface area contributed by atoms with E-state index in [0.717, 1.165) is 26.1 Å². The fourth-order valence-electron chi connectivity index (χ4n) is 2.17. The lowest BCUT2D eigenvalue weighted by molar-refractivity contribution is 0.0603. The van der Waals surface area contributed by atoms with Crippen LogP contribution >= 0.6 is 11.3 Å². The Morgan fingerprint density at radius 1 is 1.73 bits per heavy atom. The monoisotopic (exact) mass is 226 g/mol. The molecule has 0 saturated carbocycles. The van der Waals surface area contributed by atoms with Gasteiger partial charge in [-0.25, -0.2) is 0 Å². The lowest BCUT2D eigenvalue weighted by atomic mass is 9.93. The maximum absolute atomic E-state index is 9.58. The zero-order valence-electron chi connectivity index (χ0n) is 9.09. The summed E-state index contributed by atoms with van der Waals surface area (Å²) in [4.78, 5) is 7.83. The minimum absolute atomic E-state index is 0.172. The van der Waals surface area contributed by atoms with Crippen molar-refractivity contribution < 1.29 is 5.11 Å². The third kappa shape index (κ3) is 3.00. The first-order valence-electron chi connectivity index (χ1n) is 5.53. The average Bonchev–Trinajstić information content (AvgIpc) is 2.71. The molecule has 2 rings (SSSR count). The van der Waals surface area contributed by atoms with E-state index in [1.807, 2.05) is 18.6 Å². The summed E-state index contributed by atoms with van der Waals surface area (Å²) < 4.78 is 0. The summed E-state index contributed by atoms with van der Waals surface area (Å²) in [6.07, 6.45) is 4.14. The highest BCUT2D eigenvalue weighted by molar-refractivity contribution is 7.09. The molecule has 3 nitrogen and oxygen atoms in total. The molecular formula is C11H18N2OS. The van der Waals surface area contributed by atoms with E-state index in [0.29, 0.717) is 5.92 Å². The molecule has 0 spiro atoms. The molecular weight excluding hydrogens is 208 g/mol. The summed E-state index contributed by atoms with van der Waals surface area (Å²) in [7, 11) is 0. The van der Waals surface area contributed by atoms with E-state index in [1.54, 1.807) is 11.3 Å². The van der Waals surface area contributed by atoms with Crippen LogP contribution in [0.1, 0.15) is 24.6 Å². The first-order valence-corrected chi connectivity index (χ1v) is 6.41. The number of aliphatic hydroxyl groups is 1. The molecule has 84 valence electrons. The molecule has 2 heterocycles. The van der Waals surface area contributed by atoms with Crippen LogP contribution in [0, 0.1) is 5.92 Å². The van der Waals surface area contributed by atoms with Gasteiger partial charge >= 0.3 is 0 Å². The molecule has 1 N–H and O–H groups in total. The van der Waals surface area contributed by atoms with Gasteiger partial charge in [0.05, 0.1) is 11.6 Å². The molecule has 1 fully saturated rings. The normalized spacial score (nSPS) is 25.3. The topological polar surface area (TPSA) is 36.4 Å². The Bertz CT molecular complexity index is 287. The highest BCUT2D eigenvalue weighted by Crippen LogP contribution is 2.21. The molecule has 1 saturated heterocycles. The van der Waals surface area contributed by atoms with Gasteiger partial charge in [0, 0.05) is 24.2 Å². The van der Waals surface area contributed by atoms with Gasteiger partial charge in [0.1, 0.15) is 0 Å². The van der Waals surface area contributed by atoms with Crippen molar-refractivity contribution in [2.75, 3.05) is 13.1 Å². The fourth-order valence-corrected chi connectivity index (χ4v) is 2.81. The lowest BCUT2D eigenvalue weighted by Gasteiger charge is -2.33. The van der Waals surface area contributed by atoms with Crippen molar-refractivity contribution in [2.24, 2.45) is 5.92 Å². The quantitative estimate of drug-likeness (QED) is 0.853. The Kier molecular flexibility index (Phi) is 3.72. The smallest absolute Gasteiger partial charge is 0.0794 e. The number of rotatable bonds is 3. The van der Waals surface area contributed by atoms with Crippen LogP contribution in [-0.2, 0) is 6.54 Å². The highest BCUT2D eigenvalue weighted by Gasteiger charge is 2.23. The number of aliphatic hydroxyl groups excluding tert-OH is 1. The van der Waals surface area contributed by atoms with Crippen LogP contribution in [-0.4, -0.2) is 34.2 Å². The maximum atomic E-state index is 9.58. The summed E-state index contributed by atoms with van der Waals surface area (Å²) in [5, 5.41) is 9.58. The Labute approximate surface area is 94.8 Å². The third-order valence-corrected chi connectivity index (χ3v) is 3.85. The first kappa shape index (κ1) is 11.0. The molecule has 2 atom stereocenters. The minimum atomic E-state index is -0.172. The zero-order chi connectivity index (χ0) is 10.7. The molecule has 1 aromatic heterocycles. The second-order valence-corrected chi connectivity index (χ2v) is 5.32. The molecule has 0 bridgehead atoms. The van der Waals surface area contributed by atoms with Crippen molar-refractivity contribution >= 4 is 11.3 Å². The van der Waals surface area contributed by atoms with Crippen LogP contribution in [0.2, 0.25) is 0 Å². The van der Waals surface area contributed by atoms with E-state index in [-0.39, 0.29) is 6.10 Å². The second-order valence-electron chi connectivity index (χ2n) is 4.35. The number of aromatic nitrogens is 1. The van der Waals surface area contributed by atoms with Gasteiger partial charge in [-0.2, -0.15) is 0 Å². The lowest BCUT2D eigenvalue weighted by Crippen LogP contribution is -2.38. The van der Waals surface area contributed by atoms with Gasteiger partial charge in [-0.05, 0) is 32.2 Å². The van der Waals surface area contributed by atoms with E-state index in [2.05, 4.69) is 9.88 Å². The van der Waals surface area contributed by atoms with Gasteiger partial charge < -0.3 is 5.11 Å². The van der Waals surface area contributed by atoms with Crippen molar-refractivity contribution in [3.8, 4) is 0 Å². The molecule has 15 heavy (non-hydrogen) atoms. The van der Waals surface area contributed by atoms with E-state index in [1.165, 1.54) is 11.3 Å². The van der Waals surface area contributed by atoms with Gasteiger partial charge in [-0.3, -0.25) is 9.88 Å². The van der Waals surface area contributed by atoms with Crippen LogP contribution < -0.4 is 0 Å². The van der Waals surface area contributed by atoms with E-state index in [9.17, 15) is 5.11 Å². The van der Waals surface area contributed by atoms with Crippen LogP contribution in [0.15, 0.2) is 11.7 Å². The van der Waals surface area contributed by atoms with Crippen molar-refractivity contribution in [3.63, 3.8) is 0 Å². The molecule has 4 heteroatoms. The molecule has 1 aliphatic heterocycles. The van der Waals surface area contributed by atoms with E-state index < -0.39 is 0 Å². The van der Waals surface area contributed by atoms with Crippen LogP contribution in [0.25, 0.3) is 0 Å². The number of likely N-dealkylation sites (tertiary alicyclic amines) is 1. The standard InChI is InChI=1S/C11H18N2OS/c1-9(14)10-3-2-4-13(6-10)7-11-5-12-8-15-11/h5,8-10,14H,2-4,6-7H2,1H3/t9-,10+/m0/s1. The third-order valence-electron chi connectivity index (χ3n) is 3.09. The van der Waals surface area contributed by atoms with Crippen molar-refractivity contribution in [3.05, 3.63) is 16.6 Å². The summed E-state index contributed by atoms with van der Waals surface area (Å²) in [5.74, 6) is 0.451. The molecule has 0 radical (unpaired) electrons. The number of hydrogen-bond acceptors (Lipinski definition) is 4. The number of piperidine rings is 1. The first-order chi connectivity index (χ1) is 7.25. The Hall–Kier alpha value is -0.450. The Morgan fingerprint density at radius 2 is 2.60 bits per heavy atom. The molecule has 0 amide bonds. The number of nitrogens with zero attached hydrogens (tertiary/aromatic N) is 2. The number of thiazole rings is 1. The highest BCUT2D eigenvalue weighted by atomic mass is 32.1. The fraction of sp³-hybridized carbons (Fsp3) is 0.727. The summed E-state index contributed by atoms with van der Waals surface area (Å²) in [5.41, 5.74) is 1.88. The van der Waals surface area contributed by atoms with Crippen molar-refractivity contribution in [1.29, 1.82) is 0 Å². The van der Waals surface area contributed by atoms with Crippen LogP contribution in [0.4, 0.5) is 0 Å². The van der Waals surface area contributed by atoms with Crippen LogP contribution in [0.5, 0.6) is 0 Å². The van der Waals surface area contributed by atoms with Gasteiger partial charge in [-0.1, -0.05) is 0 Å². The van der Waals surface area contributed by atoms with Gasteiger partial charge in [-0.15, -0.1) is 11.3 Å². The summed E-state index contributed by atoms with van der Waals surface area (Å²) in [6.45, 7) is 5.07. The largest absolute Gasteiger partial charge is 0.393 e.